The molecule has 2 aliphatic rings. The third-order valence-corrected chi connectivity index (χ3v) is 5.90. The van der Waals surface area contributed by atoms with Gasteiger partial charge in [0.25, 0.3) is 0 Å². The second-order valence-electron chi connectivity index (χ2n) is 8.06. The van der Waals surface area contributed by atoms with Crippen LogP contribution in [0.5, 0.6) is 0 Å². The topological polar surface area (TPSA) is 50.8 Å². The third kappa shape index (κ3) is 3.56. The van der Waals surface area contributed by atoms with Crippen molar-refractivity contribution in [2.45, 2.75) is 51.7 Å². The van der Waals surface area contributed by atoms with Gasteiger partial charge in [-0.2, -0.15) is 0 Å². The fourth-order valence-electron chi connectivity index (χ4n) is 3.43. The molecular weight excluding hydrogens is 315 g/mol. The summed E-state index contributed by atoms with van der Waals surface area (Å²) in [6, 6.07) is 8.42. The van der Waals surface area contributed by atoms with Gasteiger partial charge in [0.15, 0.2) is 0 Å². The molecule has 6 heteroatoms. The SMILES string of the molecule is CNC(=O)C1CCN(c2ccc(B3OC(C)(C)C(C)(C)O3)cc2)CC1. The largest absolute Gasteiger partial charge is 0.494 e. The number of benzene rings is 1. The smallest absolute Gasteiger partial charge is 0.399 e. The number of nitrogens with one attached hydrogen (secondary N) is 1. The van der Waals surface area contributed by atoms with Gasteiger partial charge in [-0.05, 0) is 58.1 Å². The highest BCUT2D eigenvalue weighted by Crippen LogP contribution is 2.36. The van der Waals surface area contributed by atoms with Crippen LogP contribution in [0.3, 0.4) is 0 Å². The van der Waals surface area contributed by atoms with Gasteiger partial charge in [-0.3, -0.25) is 4.79 Å². The number of carbonyl (C=O) groups is 1. The maximum Gasteiger partial charge on any atom is 0.494 e. The first-order valence-electron chi connectivity index (χ1n) is 9.16. The summed E-state index contributed by atoms with van der Waals surface area (Å²) < 4.78 is 12.2. The first-order chi connectivity index (χ1) is 11.7. The molecule has 0 radical (unpaired) electrons. The molecule has 2 aliphatic heterocycles. The molecule has 5 nitrogen and oxygen atoms in total. The van der Waals surface area contributed by atoms with Gasteiger partial charge in [-0.15, -0.1) is 0 Å². The molecule has 1 aromatic rings. The van der Waals surface area contributed by atoms with Gasteiger partial charge < -0.3 is 19.5 Å². The number of carbonyl (C=O) groups excluding carboxylic acids is 1. The molecule has 1 amide bonds. The van der Waals surface area contributed by atoms with Gasteiger partial charge >= 0.3 is 7.12 Å². The van der Waals surface area contributed by atoms with E-state index in [4.69, 9.17) is 9.31 Å². The summed E-state index contributed by atoms with van der Waals surface area (Å²) in [7, 11) is 1.39. The van der Waals surface area contributed by atoms with Crippen LogP contribution in [0.2, 0.25) is 0 Å². The van der Waals surface area contributed by atoms with Crippen LogP contribution in [0, 0.1) is 5.92 Å². The van der Waals surface area contributed by atoms with Gasteiger partial charge in [-0.25, -0.2) is 0 Å². The Labute approximate surface area is 151 Å². The summed E-state index contributed by atoms with van der Waals surface area (Å²) in [6.45, 7) is 10.1. The summed E-state index contributed by atoms with van der Waals surface area (Å²) >= 11 is 0. The van der Waals surface area contributed by atoms with E-state index in [1.54, 1.807) is 7.05 Å². The maximum absolute atomic E-state index is 11.7. The molecule has 3 rings (SSSR count). The summed E-state index contributed by atoms with van der Waals surface area (Å²) in [5.74, 6) is 0.307. The molecule has 0 aromatic heterocycles. The van der Waals surface area contributed by atoms with Crippen molar-refractivity contribution in [1.82, 2.24) is 5.32 Å². The monoisotopic (exact) mass is 344 g/mol. The Morgan fingerprint density at radius 3 is 2.08 bits per heavy atom. The van der Waals surface area contributed by atoms with Gasteiger partial charge in [0.1, 0.15) is 0 Å². The minimum Gasteiger partial charge on any atom is -0.399 e. The minimum absolute atomic E-state index is 0.144. The summed E-state index contributed by atoms with van der Waals surface area (Å²) in [6.07, 6.45) is 1.80. The lowest BCUT2D eigenvalue weighted by atomic mass is 9.79. The van der Waals surface area contributed by atoms with Crippen molar-refractivity contribution >= 4 is 24.2 Å². The molecule has 0 unspecified atom stereocenters. The molecule has 25 heavy (non-hydrogen) atoms. The predicted octanol–water partition coefficient (Wildman–Crippen LogP) is 1.95. The van der Waals surface area contributed by atoms with Crippen LogP contribution in [0.15, 0.2) is 24.3 Å². The molecule has 0 atom stereocenters. The number of rotatable bonds is 3. The summed E-state index contributed by atoms with van der Waals surface area (Å²) in [5, 5.41) is 2.76. The fourth-order valence-corrected chi connectivity index (χ4v) is 3.43. The Morgan fingerprint density at radius 2 is 1.60 bits per heavy atom. The molecule has 2 saturated heterocycles. The highest BCUT2D eigenvalue weighted by molar-refractivity contribution is 6.62. The van der Waals surface area contributed by atoms with Crippen LogP contribution in [-0.4, -0.2) is 44.4 Å². The number of hydrogen-bond acceptors (Lipinski definition) is 4. The predicted molar refractivity (Wildman–Crippen MR) is 101 cm³/mol. The van der Waals surface area contributed by atoms with Gasteiger partial charge in [0.05, 0.1) is 11.2 Å². The molecular formula is C19H29BN2O3. The number of hydrogen-bond donors (Lipinski definition) is 1. The van der Waals surface area contributed by atoms with Crippen LogP contribution >= 0.6 is 0 Å². The fraction of sp³-hybridized carbons (Fsp3) is 0.632. The van der Waals surface area contributed by atoms with E-state index in [-0.39, 0.29) is 30.1 Å². The Kier molecular flexibility index (Phi) is 4.86. The van der Waals surface area contributed by atoms with Crippen LogP contribution in [0.1, 0.15) is 40.5 Å². The zero-order valence-corrected chi connectivity index (χ0v) is 16.0. The molecule has 0 spiro atoms. The third-order valence-electron chi connectivity index (χ3n) is 5.90. The number of piperidine rings is 1. The van der Waals surface area contributed by atoms with Crippen molar-refractivity contribution in [2.24, 2.45) is 5.92 Å². The summed E-state index contributed by atoms with van der Waals surface area (Å²) in [5.41, 5.74) is 1.59. The van der Waals surface area contributed by atoms with E-state index >= 15 is 0 Å². The van der Waals surface area contributed by atoms with E-state index in [1.165, 1.54) is 5.69 Å². The van der Waals surface area contributed by atoms with Crippen molar-refractivity contribution in [3.63, 3.8) is 0 Å². The normalized spacial score (nSPS) is 22.9. The van der Waals surface area contributed by atoms with E-state index in [1.807, 2.05) is 0 Å². The van der Waals surface area contributed by atoms with Gasteiger partial charge in [-0.1, -0.05) is 12.1 Å². The Bertz CT molecular complexity index is 606. The standard InChI is InChI=1S/C19H29BN2O3/c1-18(2)19(3,4)25-20(24-18)15-6-8-16(9-7-15)22-12-10-14(11-13-22)17(23)21-5/h6-9,14H,10-13H2,1-5H3,(H,21,23). The minimum atomic E-state index is -0.321. The summed E-state index contributed by atoms with van der Waals surface area (Å²) in [4.78, 5) is 14.1. The quantitative estimate of drug-likeness (QED) is 0.852. The lowest BCUT2D eigenvalue weighted by molar-refractivity contribution is -0.125. The van der Waals surface area contributed by atoms with E-state index in [9.17, 15) is 4.79 Å². The molecule has 0 aliphatic carbocycles. The highest BCUT2D eigenvalue weighted by Gasteiger charge is 2.51. The number of amides is 1. The molecule has 0 bridgehead atoms. The molecule has 1 aromatic carbocycles. The van der Waals surface area contributed by atoms with Crippen LogP contribution in [0.4, 0.5) is 5.69 Å². The molecule has 136 valence electrons. The van der Waals surface area contributed by atoms with Crippen LogP contribution in [-0.2, 0) is 14.1 Å². The van der Waals surface area contributed by atoms with E-state index in [0.717, 1.165) is 31.4 Å². The van der Waals surface area contributed by atoms with E-state index < -0.39 is 0 Å². The van der Waals surface area contributed by atoms with E-state index in [0.29, 0.717) is 0 Å². The van der Waals surface area contributed by atoms with Crippen molar-refractivity contribution in [2.75, 3.05) is 25.0 Å². The van der Waals surface area contributed by atoms with Crippen molar-refractivity contribution in [3.05, 3.63) is 24.3 Å². The first-order valence-corrected chi connectivity index (χ1v) is 9.16. The molecule has 2 heterocycles. The second kappa shape index (κ2) is 6.65. The number of anilines is 1. The maximum atomic E-state index is 11.7. The number of nitrogens with zero attached hydrogens (tertiary/aromatic N) is 1. The van der Waals surface area contributed by atoms with Crippen molar-refractivity contribution < 1.29 is 14.1 Å². The lowest BCUT2D eigenvalue weighted by Crippen LogP contribution is -2.41. The average Bonchev–Trinajstić information content (AvgIpc) is 2.82. The lowest BCUT2D eigenvalue weighted by Gasteiger charge is -2.33. The zero-order chi connectivity index (χ0) is 18.2. The first kappa shape index (κ1) is 18.3. The van der Waals surface area contributed by atoms with Crippen molar-refractivity contribution in [3.8, 4) is 0 Å². The Balaban J connectivity index is 1.63. The van der Waals surface area contributed by atoms with Crippen molar-refractivity contribution in [1.29, 1.82) is 0 Å². The van der Waals surface area contributed by atoms with E-state index in [2.05, 4.69) is 62.2 Å². The highest BCUT2D eigenvalue weighted by atomic mass is 16.7. The molecule has 2 fully saturated rings. The second-order valence-corrected chi connectivity index (χ2v) is 8.06. The Hall–Kier alpha value is -1.53. The average molecular weight is 344 g/mol. The van der Waals surface area contributed by atoms with Crippen LogP contribution in [0.25, 0.3) is 0 Å². The zero-order valence-electron chi connectivity index (χ0n) is 16.0. The van der Waals surface area contributed by atoms with Gasteiger partial charge in [0.2, 0.25) is 5.91 Å². The van der Waals surface area contributed by atoms with Crippen LogP contribution < -0.4 is 15.7 Å². The van der Waals surface area contributed by atoms with Gasteiger partial charge in [0, 0.05) is 31.7 Å². The Morgan fingerprint density at radius 1 is 1.08 bits per heavy atom. The molecule has 0 saturated carbocycles. The molecule has 1 N–H and O–H groups in total.